The second-order valence-electron chi connectivity index (χ2n) is 6.20. The normalized spacial score (nSPS) is 25.1. The van der Waals surface area contributed by atoms with Gasteiger partial charge in [0.2, 0.25) is 5.91 Å². The molecule has 0 unspecified atom stereocenters. The lowest BCUT2D eigenvalue weighted by Gasteiger charge is -2.28. The zero-order chi connectivity index (χ0) is 16.1. The molecule has 5 heteroatoms. The number of benzene rings is 1. The third-order valence-corrected chi connectivity index (χ3v) is 4.45. The van der Waals surface area contributed by atoms with E-state index in [9.17, 15) is 4.79 Å². The average Bonchev–Trinajstić information content (AvgIpc) is 2.61. The predicted molar refractivity (Wildman–Crippen MR) is 86.4 cm³/mol. The predicted octanol–water partition coefficient (Wildman–Crippen LogP) is 2.60. The van der Waals surface area contributed by atoms with Crippen molar-refractivity contribution in [1.82, 2.24) is 5.32 Å². The highest BCUT2D eigenvalue weighted by Crippen LogP contribution is 2.31. The molecule has 5 nitrogen and oxygen atoms in total. The van der Waals surface area contributed by atoms with Gasteiger partial charge in [0.05, 0.1) is 25.4 Å². The maximum absolute atomic E-state index is 12.4. The molecule has 1 saturated heterocycles. The van der Waals surface area contributed by atoms with E-state index in [1.54, 1.807) is 6.92 Å². The van der Waals surface area contributed by atoms with Crippen LogP contribution in [0.1, 0.15) is 44.2 Å². The highest BCUT2D eigenvalue weighted by atomic mass is 16.5. The van der Waals surface area contributed by atoms with E-state index in [2.05, 4.69) is 5.32 Å². The molecule has 3 rings (SSSR count). The fourth-order valence-electron chi connectivity index (χ4n) is 3.05. The van der Waals surface area contributed by atoms with Gasteiger partial charge in [-0.2, -0.15) is 0 Å². The summed E-state index contributed by atoms with van der Waals surface area (Å²) in [4.78, 5) is 12.4. The molecule has 1 aromatic carbocycles. The molecule has 2 heterocycles. The van der Waals surface area contributed by atoms with Gasteiger partial charge in [-0.3, -0.25) is 4.79 Å². The second kappa shape index (κ2) is 7.79. The molecular weight excluding hydrogens is 294 g/mol. The molecule has 1 fully saturated rings. The van der Waals surface area contributed by atoms with Crippen LogP contribution in [0.5, 0.6) is 5.75 Å². The van der Waals surface area contributed by atoms with Crippen molar-refractivity contribution in [1.29, 1.82) is 0 Å². The quantitative estimate of drug-likeness (QED) is 0.906. The minimum atomic E-state index is -0.476. The molecule has 0 aromatic heterocycles. The smallest absolute Gasteiger partial charge is 0.249 e. The van der Waals surface area contributed by atoms with Crippen molar-refractivity contribution in [3.63, 3.8) is 0 Å². The van der Waals surface area contributed by atoms with Gasteiger partial charge in [0.25, 0.3) is 0 Å². The molecule has 1 N–H and O–H groups in total. The Morgan fingerprint density at radius 1 is 1.30 bits per heavy atom. The number of carbonyl (C=O) groups is 1. The van der Waals surface area contributed by atoms with Gasteiger partial charge < -0.3 is 19.5 Å². The summed E-state index contributed by atoms with van der Waals surface area (Å²) in [7, 11) is 0. The molecule has 23 heavy (non-hydrogen) atoms. The third kappa shape index (κ3) is 4.24. The first kappa shape index (κ1) is 16.3. The Labute approximate surface area is 137 Å². The zero-order valence-corrected chi connectivity index (χ0v) is 13.6. The topological polar surface area (TPSA) is 56.8 Å². The van der Waals surface area contributed by atoms with Gasteiger partial charge in [-0.25, -0.2) is 0 Å². The molecule has 0 aliphatic carbocycles. The number of para-hydroxylation sites is 1. The molecule has 1 amide bonds. The van der Waals surface area contributed by atoms with Gasteiger partial charge >= 0.3 is 0 Å². The molecule has 2 aliphatic heterocycles. The Balaban J connectivity index is 1.50. The molecule has 0 bridgehead atoms. The molecular formula is C18H25NO4. The molecule has 0 spiro atoms. The Bertz CT molecular complexity index is 528. The van der Waals surface area contributed by atoms with Crippen molar-refractivity contribution in [2.45, 2.75) is 50.9 Å². The van der Waals surface area contributed by atoms with E-state index >= 15 is 0 Å². The zero-order valence-electron chi connectivity index (χ0n) is 13.6. The van der Waals surface area contributed by atoms with E-state index in [-0.39, 0.29) is 18.1 Å². The van der Waals surface area contributed by atoms with Crippen molar-refractivity contribution < 1.29 is 19.0 Å². The largest absolute Gasteiger partial charge is 0.493 e. The van der Waals surface area contributed by atoms with E-state index in [4.69, 9.17) is 14.2 Å². The van der Waals surface area contributed by atoms with Crippen molar-refractivity contribution in [3.8, 4) is 5.75 Å². The summed E-state index contributed by atoms with van der Waals surface area (Å²) >= 11 is 0. The Morgan fingerprint density at radius 3 is 3.00 bits per heavy atom. The average molecular weight is 319 g/mol. The van der Waals surface area contributed by atoms with E-state index in [1.165, 1.54) is 6.42 Å². The molecule has 126 valence electrons. The number of rotatable bonds is 5. The van der Waals surface area contributed by atoms with Gasteiger partial charge in [-0.05, 0) is 32.3 Å². The van der Waals surface area contributed by atoms with Crippen LogP contribution >= 0.6 is 0 Å². The van der Waals surface area contributed by atoms with Crippen LogP contribution in [0.15, 0.2) is 24.3 Å². The maximum atomic E-state index is 12.4. The van der Waals surface area contributed by atoms with E-state index in [1.807, 2.05) is 24.3 Å². The first-order chi connectivity index (χ1) is 11.2. The van der Waals surface area contributed by atoms with Crippen molar-refractivity contribution >= 4 is 5.91 Å². The van der Waals surface area contributed by atoms with E-state index in [0.29, 0.717) is 13.2 Å². The third-order valence-electron chi connectivity index (χ3n) is 4.45. The Hall–Kier alpha value is -1.59. The summed E-state index contributed by atoms with van der Waals surface area (Å²) in [6, 6.07) is 7.84. The van der Waals surface area contributed by atoms with Crippen molar-refractivity contribution in [2.75, 3.05) is 19.8 Å². The fraction of sp³-hybridized carbons (Fsp3) is 0.611. The molecule has 3 atom stereocenters. The molecule has 1 aromatic rings. The van der Waals surface area contributed by atoms with Gasteiger partial charge in [0.15, 0.2) is 0 Å². The Morgan fingerprint density at radius 2 is 2.17 bits per heavy atom. The lowest BCUT2D eigenvalue weighted by Crippen LogP contribution is -2.40. The lowest BCUT2D eigenvalue weighted by molar-refractivity contribution is -0.136. The van der Waals surface area contributed by atoms with Gasteiger partial charge in [0.1, 0.15) is 11.9 Å². The number of ether oxygens (including phenoxy) is 3. The van der Waals surface area contributed by atoms with E-state index < -0.39 is 6.10 Å². The van der Waals surface area contributed by atoms with Crippen molar-refractivity contribution in [3.05, 3.63) is 29.8 Å². The van der Waals surface area contributed by atoms with Crippen LogP contribution in [0.3, 0.4) is 0 Å². The number of hydrogen-bond acceptors (Lipinski definition) is 4. The highest BCUT2D eigenvalue weighted by molar-refractivity contribution is 5.81. The standard InChI is InChI=1S/C18H25NO4/c1-13(23-12-14-6-4-5-10-21-14)18(20)19-16-9-11-22-17-8-3-2-7-15(16)17/h2-3,7-8,13-14,16H,4-6,9-12H2,1H3,(H,19,20)/t13-,14+,16-/m0/s1. The van der Waals surface area contributed by atoms with Crippen molar-refractivity contribution in [2.24, 2.45) is 0 Å². The monoisotopic (exact) mass is 319 g/mol. The number of nitrogens with one attached hydrogen (secondary N) is 1. The van der Waals surface area contributed by atoms with Crippen LogP contribution in [-0.2, 0) is 14.3 Å². The van der Waals surface area contributed by atoms with Crippen LogP contribution < -0.4 is 10.1 Å². The van der Waals surface area contributed by atoms with Gasteiger partial charge in [-0.15, -0.1) is 0 Å². The van der Waals surface area contributed by atoms with E-state index in [0.717, 1.165) is 37.2 Å². The number of hydrogen-bond donors (Lipinski definition) is 1. The maximum Gasteiger partial charge on any atom is 0.249 e. The fourth-order valence-corrected chi connectivity index (χ4v) is 3.05. The first-order valence-electron chi connectivity index (χ1n) is 8.49. The second-order valence-corrected chi connectivity index (χ2v) is 6.20. The Kier molecular flexibility index (Phi) is 5.51. The van der Waals surface area contributed by atoms with Gasteiger partial charge in [0, 0.05) is 18.6 Å². The summed E-state index contributed by atoms with van der Waals surface area (Å²) in [6.07, 6.45) is 3.74. The highest BCUT2D eigenvalue weighted by Gasteiger charge is 2.25. The van der Waals surface area contributed by atoms with Crippen LogP contribution in [0.4, 0.5) is 0 Å². The van der Waals surface area contributed by atoms with Crippen LogP contribution in [0.2, 0.25) is 0 Å². The minimum Gasteiger partial charge on any atom is -0.493 e. The summed E-state index contributed by atoms with van der Waals surface area (Å²) in [5, 5.41) is 3.08. The SMILES string of the molecule is C[C@H](OC[C@H]1CCCCO1)C(=O)N[C@H]1CCOc2ccccc21. The number of amides is 1. The van der Waals surface area contributed by atoms with Crippen LogP contribution in [0, 0.1) is 0 Å². The van der Waals surface area contributed by atoms with Crippen LogP contribution in [-0.4, -0.2) is 37.9 Å². The van der Waals surface area contributed by atoms with Crippen LogP contribution in [0.25, 0.3) is 0 Å². The summed E-state index contributed by atoms with van der Waals surface area (Å²) in [5.41, 5.74) is 1.04. The summed E-state index contributed by atoms with van der Waals surface area (Å²) in [6.45, 7) is 3.70. The molecule has 0 radical (unpaired) electrons. The lowest BCUT2D eigenvalue weighted by atomic mass is 10.0. The first-order valence-corrected chi connectivity index (χ1v) is 8.49. The molecule has 2 aliphatic rings. The minimum absolute atomic E-state index is 0.00979. The number of fused-ring (bicyclic) bond motifs is 1. The van der Waals surface area contributed by atoms with Gasteiger partial charge in [-0.1, -0.05) is 18.2 Å². The summed E-state index contributed by atoms with van der Waals surface area (Å²) < 4.78 is 17.0. The summed E-state index contributed by atoms with van der Waals surface area (Å²) in [5.74, 6) is 0.774. The number of carbonyl (C=O) groups excluding carboxylic acids is 1. The molecule has 0 saturated carbocycles.